The lowest BCUT2D eigenvalue weighted by Crippen LogP contribution is -2.49. The van der Waals surface area contributed by atoms with Crippen LogP contribution < -0.4 is 4.90 Å². The molecule has 1 N–H and O–H groups in total. The summed E-state index contributed by atoms with van der Waals surface area (Å²) >= 11 is 18.0. The number of benzene rings is 1. The fourth-order valence-electron chi connectivity index (χ4n) is 3.48. The van der Waals surface area contributed by atoms with Gasteiger partial charge in [0, 0.05) is 18.7 Å². The number of carboxylic acid groups (broad SMARTS) is 1. The fourth-order valence-corrected chi connectivity index (χ4v) is 3.74. The van der Waals surface area contributed by atoms with Crippen molar-refractivity contribution in [2.24, 2.45) is 0 Å². The Balaban J connectivity index is 1.72. The summed E-state index contributed by atoms with van der Waals surface area (Å²) < 4.78 is -1.78. The molecule has 2 bridgehead atoms. The van der Waals surface area contributed by atoms with Crippen molar-refractivity contribution in [1.29, 1.82) is 0 Å². The minimum atomic E-state index is -1.78. The lowest BCUT2D eigenvalue weighted by molar-refractivity contribution is 0.137. The van der Waals surface area contributed by atoms with Crippen molar-refractivity contribution >= 4 is 46.8 Å². The van der Waals surface area contributed by atoms with Gasteiger partial charge in [0.2, 0.25) is 9.74 Å². The predicted molar refractivity (Wildman–Crippen MR) is 98.8 cm³/mol. The van der Waals surface area contributed by atoms with Crippen molar-refractivity contribution in [2.75, 3.05) is 18.0 Å². The molecule has 10 heteroatoms. The number of piperazine rings is 1. The Morgan fingerprint density at radius 1 is 1.08 bits per heavy atom. The van der Waals surface area contributed by atoms with Gasteiger partial charge in [0.05, 0.1) is 12.1 Å². The van der Waals surface area contributed by atoms with Gasteiger partial charge in [0.25, 0.3) is 0 Å². The maximum absolute atomic E-state index is 11.3. The monoisotopic (exact) mass is 413 g/mol. The summed E-state index contributed by atoms with van der Waals surface area (Å²) in [4.78, 5) is 27.9. The van der Waals surface area contributed by atoms with Crippen molar-refractivity contribution in [3.05, 3.63) is 36.2 Å². The highest BCUT2D eigenvalue weighted by Gasteiger charge is 2.46. The summed E-state index contributed by atoms with van der Waals surface area (Å²) in [5.41, 5.74) is 0.781. The third-order valence-electron chi connectivity index (χ3n) is 4.65. The van der Waals surface area contributed by atoms with Crippen LogP contribution in [0.3, 0.4) is 0 Å². The van der Waals surface area contributed by atoms with E-state index in [0.717, 1.165) is 12.0 Å². The molecule has 2 unspecified atom stereocenters. The van der Waals surface area contributed by atoms with Crippen LogP contribution in [0.25, 0.3) is 11.4 Å². The van der Waals surface area contributed by atoms with Crippen LogP contribution in [0.2, 0.25) is 0 Å². The number of nitrogens with zero attached hydrogens (tertiary/aromatic N) is 5. The third-order valence-corrected chi connectivity index (χ3v) is 5.16. The summed E-state index contributed by atoms with van der Waals surface area (Å²) in [5.74, 6) is 0.858. The highest BCUT2D eigenvalue weighted by Crippen LogP contribution is 2.39. The maximum atomic E-state index is 11.3. The summed E-state index contributed by atoms with van der Waals surface area (Å²) in [6.07, 6.45) is -0.165. The second-order valence-electron chi connectivity index (χ2n) is 6.28. The molecule has 2 saturated heterocycles. The Kier molecular flexibility index (Phi) is 4.33. The predicted octanol–water partition coefficient (Wildman–Crippen LogP) is 3.31. The first-order chi connectivity index (χ1) is 12.3. The molecule has 0 aliphatic carbocycles. The molecule has 2 aliphatic heterocycles. The molecule has 1 aromatic carbocycles. The number of amides is 1. The number of carbonyl (C=O) groups is 1. The number of halogens is 3. The van der Waals surface area contributed by atoms with Gasteiger partial charge in [-0.25, -0.2) is 9.78 Å². The third kappa shape index (κ3) is 3.15. The summed E-state index contributed by atoms with van der Waals surface area (Å²) in [6, 6.07) is 9.29. The number of aromatic nitrogens is 3. The van der Waals surface area contributed by atoms with Gasteiger partial charge in [0.1, 0.15) is 0 Å². The highest BCUT2D eigenvalue weighted by molar-refractivity contribution is 6.66. The Bertz CT molecular complexity index is 846. The number of fused-ring (bicyclic) bond motifs is 2. The molecule has 2 fully saturated rings. The molecule has 4 rings (SSSR count). The minimum Gasteiger partial charge on any atom is -0.465 e. The van der Waals surface area contributed by atoms with Gasteiger partial charge in [-0.1, -0.05) is 65.1 Å². The highest BCUT2D eigenvalue weighted by atomic mass is 35.6. The molecule has 0 spiro atoms. The summed E-state index contributed by atoms with van der Waals surface area (Å²) in [6.45, 7) is 0.921. The number of likely N-dealkylation sites (tertiary alicyclic amines) is 1. The smallest absolute Gasteiger partial charge is 0.407 e. The molecule has 2 atom stereocenters. The van der Waals surface area contributed by atoms with E-state index in [4.69, 9.17) is 34.8 Å². The average Bonchev–Trinajstić information content (AvgIpc) is 3.22. The van der Waals surface area contributed by atoms with Crippen LogP contribution in [0.1, 0.15) is 12.2 Å². The fraction of sp³-hybridized carbons (Fsp3) is 0.375. The van der Waals surface area contributed by atoms with Crippen LogP contribution in [-0.4, -0.2) is 56.2 Å². The molecular formula is C16H14Cl3N5O2. The first-order valence-corrected chi connectivity index (χ1v) is 9.11. The lowest BCUT2D eigenvalue weighted by atomic mass is 10.2. The quantitative estimate of drug-likeness (QED) is 0.759. The van der Waals surface area contributed by atoms with Crippen LogP contribution in [0.15, 0.2) is 30.3 Å². The molecule has 7 nitrogen and oxygen atoms in total. The molecule has 2 aromatic rings. The normalized spacial score (nSPS) is 22.1. The summed E-state index contributed by atoms with van der Waals surface area (Å²) in [5, 5.41) is 9.25. The van der Waals surface area contributed by atoms with Crippen LogP contribution >= 0.6 is 34.8 Å². The Morgan fingerprint density at radius 2 is 1.81 bits per heavy atom. The molecule has 0 radical (unpaired) electrons. The van der Waals surface area contributed by atoms with E-state index in [2.05, 4.69) is 15.0 Å². The van der Waals surface area contributed by atoms with Crippen LogP contribution in [0, 0.1) is 0 Å². The SMILES string of the molecule is O=C(O)N1CC2CC1CN2c1nc(-c2ccccc2)nc(C(Cl)(Cl)Cl)n1. The number of anilines is 1. The van der Waals surface area contributed by atoms with Crippen LogP contribution in [0.4, 0.5) is 10.7 Å². The second-order valence-corrected chi connectivity index (χ2v) is 8.56. The van der Waals surface area contributed by atoms with E-state index in [1.165, 1.54) is 4.90 Å². The van der Waals surface area contributed by atoms with E-state index in [-0.39, 0.29) is 17.9 Å². The van der Waals surface area contributed by atoms with Gasteiger partial charge in [0.15, 0.2) is 11.6 Å². The largest absolute Gasteiger partial charge is 0.465 e. The zero-order valence-electron chi connectivity index (χ0n) is 13.4. The maximum Gasteiger partial charge on any atom is 0.407 e. The van der Waals surface area contributed by atoms with Gasteiger partial charge in [-0.05, 0) is 6.42 Å². The van der Waals surface area contributed by atoms with Crippen molar-refractivity contribution < 1.29 is 9.90 Å². The Morgan fingerprint density at radius 3 is 2.38 bits per heavy atom. The van der Waals surface area contributed by atoms with Crippen molar-refractivity contribution in [1.82, 2.24) is 19.9 Å². The van der Waals surface area contributed by atoms with E-state index in [9.17, 15) is 9.90 Å². The van der Waals surface area contributed by atoms with Gasteiger partial charge in [-0.3, -0.25) is 0 Å². The molecule has 1 amide bonds. The van der Waals surface area contributed by atoms with E-state index >= 15 is 0 Å². The van der Waals surface area contributed by atoms with Crippen molar-refractivity contribution in [3.63, 3.8) is 0 Å². The lowest BCUT2D eigenvalue weighted by Gasteiger charge is -2.32. The Labute approximate surface area is 164 Å². The zero-order chi connectivity index (χ0) is 18.5. The van der Waals surface area contributed by atoms with E-state index in [0.29, 0.717) is 24.9 Å². The number of alkyl halides is 3. The van der Waals surface area contributed by atoms with Gasteiger partial charge in [-0.15, -0.1) is 0 Å². The van der Waals surface area contributed by atoms with Crippen molar-refractivity contribution in [2.45, 2.75) is 22.3 Å². The number of hydrogen-bond acceptors (Lipinski definition) is 5. The molecule has 26 heavy (non-hydrogen) atoms. The second kappa shape index (κ2) is 6.40. The molecule has 0 saturated carbocycles. The first kappa shape index (κ1) is 17.6. The topological polar surface area (TPSA) is 82.5 Å². The molecule has 1 aromatic heterocycles. The molecular weight excluding hydrogens is 401 g/mol. The van der Waals surface area contributed by atoms with Crippen LogP contribution in [-0.2, 0) is 3.79 Å². The first-order valence-electron chi connectivity index (χ1n) is 7.98. The van der Waals surface area contributed by atoms with E-state index < -0.39 is 9.89 Å². The molecule has 136 valence electrons. The zero-order valence-corrected chi connectivity index (χ0v) is 15.7. The molecule has 2 aliphatic rings. The van der Waals surface area contributed by atoms with E-state index in [1.54, 1.807) is 0 Å². The minimum absolute atomic E-state index is 0.00495. The van der Waals surface area contributed by atoms with Gasteiger partial charge in [-0.2, -0.15) is 9.97 Å². The standard InChI is InChI=1S/C16H14Cl3N5O2/c17-16(18,19)13-20-12(9-4-2-1-3-5-9)21-14(22-13)23-7-11-6-10(23)8-24(11)15(25)26/h1-5,10-11H,6-8H2,(H,25,26). The van der Waals surface area contributed by atoms with Crippen molar-refractivity contribution in [3.8, 4) is 11.4 Å². The van der Waals surface area contributed by atoms with Crippen LogP contribution in [0.5, 0.6) is 0 Å². The Hall–Kier alpha value is -1.83. The van der Waals surface area contributed by atoms with Gasteiger partial charge < -0.3 is 14.9 Å². The van der Waals surface area contributed by atoms with E-state index in [1.807, 2.05) is 35.2 Å². The van der Waals surface area contributed by atoms with Gasteiger partial charge >= 0.3 is 6.09 Å². The summed E-state index contributed by atoms with van der Waals surface area (Å²) in [7, 11) is 0. The average molecular weight is 415 g/mol. The number of hydrogen-bond donors (Lipinski definition) is 1. The number of rotatable bonds is 2. The molecule has 3 heterocycles.